The van der Waals surface area contributed by atoms with Crippen molar-refractivity contribution in [2.75, 3.05) is 4.90 Å². The third-order valence-electron chi connectivity index (χ3n) is 13.8. The van der Waals surface area contributed by atoms with Crippen molar-refractivity contribution in [2.45, 2.75) is 19.3 Å². The van der Waals surface area contributed by atoms with Crippen LogP contribution in [0.2, 0.25) is 0 Å². The maximum atomic E-state index is 2.48. The molecule has 0 aliphatic heterocycles. The Morgan fingerprint density at radius 2 is 0.891 bits per heavy atom. The summed E-state index contributed by atoms with van der Waals surface area (Å²) < 4.78 is 4.87. The van der Waals surface area contributed by atoms with Crippen molar-refractivity contribution in [3.8, 4) is 33.6 Å². The second-order valence-electron chi connectivity index (χ2n) is 17.8. The minimum absolute atomic E-state index is 0.153. The Labute approximate surface area is 372 Å². The molecule has 1 aliphatic rings. The molecule has 13 rings (SSSR count). The molecule has 0 unspecified atom stereocenters. The second kappa shape index (κ2) is 13.9. The lowest BCUT2D eigenvalue weighted by molar-refractivity contribution is 0.660. The first-order valence-electron chi connectivity index (χ1n) is 22.3. The SMILES string of the molecule is CC1(C)c2ccccc2-c2ccc(N(c3cc(-c4ccc5c6ccccc6n(-c6ccccc6)c5c4)cc(-n4c5ccccc5c5ccccc54)c3)c3ccc4ccccc4c3)cc21. The monoisotopic (exact) mass is 817 g/mol. The molecule has 3 nitrogen and oxygen atoms in total. The highest BCUT2D eigenvalue weighted by Crippen LogP contribution is 2.51. The van der Waals surface area contributed by atoms with Gasteiger partial charge < -0.3 is 14.0 Å². The molecule has 0 saturated carbocycles. The van der Waals surface area contributed by atoms with E-state index in [9.17, 15) is 0 Å². The Bertz CT molecular complexity index is 3770. The van der Waals surface area contributed by atoms with Crippen LogP contribution < -0.4 is 4.90 Å². The Balaban J connectivity index is 1.10. The highest BCUT2D eigenvalue weighted by molar-refractivity contribution is 6.11. The largest absolute Gasteiger partial charge is 0.310 e. The van der Waals surface area contributed by atoms with Crippen LogP contribution in [0, 0.1) is 0 Å². The predicted octanol–water partition coefficient (Wildman–Crippen LogP) is 16.5. The van der Waals surface area contributed by atoms with E-state index in [0.29, 0.717) is 0 Å². The summed E-state index contributed by atoms with van der Waals surface area (Å²) in [6.07, 6.45) is 0. The highest BCUT2D eigenvalue weighted by atomic mass is 15.1. The number of hydrogen-bond donors (Lipinski definition) is 0. The first-order valence-corrected chi connectivity index (χ1v) is 22.3. The van der Waals surface area contributed by atoms with E-state index in [2.05, 4.69) is 252 Å². The number of aromatic nitrogens is 2. The quantitative estimate of drug-likeness (QED) is 0.163. The molecule has 0 N–H and O–H groups in total. The van der Waals surface area contributed by atoms with Gasteiger partial charge in [-0.3, -0.25) is 0 Å². The maximum absolute atomic E-state index is 2.48. The van der Waals surface area contributed by atoms with Crippen LogP contribution >= 0.6 is 0 Å². The Morgan fingerprint density at radius 1 is 0.328 bits per heavy atom. The first kappa shape index (κ1) is 36.5. The molecule has 64 heavy (non-hydrogen) atoms. The number of rotatable bonds is 6. The van der Waals surface area contributed by atoms with Gasteiger partial charge in [-0.25, -0.2) is 0 Å². The molecule has 0 amide bonds. The topological polar surface area (TPSA) is 13.1 Å². The number of para-hydroxylation sites is 4. The van der Waals surface area contributed by atoms with E-state index in [1.165, 1.54) is 76.6 Å². The van der Waals surface area contributed by atoms with Crippen LogP contribution in [0.25, 0.3) is 88.0 Å². The van der Waals surface area contributed by atoms with Crippen molar-refractivity contribution in [2.24, 2.45) is 0 Å². The van der Waals surface area contributed by atoms with Gasteiger partial charge in [-0.05, 0) is 123 Å². The Kier molecular flexibility index (Phi) is 7.95. The molecule has 0 bridgehead atoms. The average molecular weight is 818 g/mol. The van der Waals surface area contributed by atoms with Crippen LogP contribution in [-0.4, -0.2) is 9.13 Å². The van der Waals surface area contributed by atoms with Crippen molar-refractivity contribution >= 4 is 71.4 Å². The number of anilines is 3. The van der Waals surface area contributed by atoms with E-state index >= 15 is 0 Å². The molecule has 3 heteroatoms. The molecule has 2 aromatic heterocycles. The highest BCUT2D eigenvalue weighted by Gasteiger charge is 2.36. The lowest BCUT2D eigenvalue weighted by atomic mass is 9.82. The molecule has 12 aromatic rings. The molecule has 2 heterocycles. The molecule has 0 saturated heterocycles. The number of benzene rings is 10. The fourth-order valence-corrected chi connectivity index (χ4v) is 10.8. The zero-order valence-electron chi connectivity index (χ0n) is 35.7. The zero-order valence-corrected chi connectivity index (χ0v) is 35.7. The summed E-state index contributed by atoms with van der Waals surface area (Å²) in [7, 11) is 0. The van der Waals surface area contributed by atoms with Crippen molar-refractivity contribution in [3.63, 3.8) is 0 Å². The minimum Gasteiger partial charge on any atom is -0.310 e. The summed E-state index contributed by atoms with van der Waals surface area (Å²) in [6, 6.07) is 83.0. The summed E-state index contributed by atoms with van der Waals surface area (Å²) in [4.78, 5) is 2.48. The Hall–Kier alpha value is -8.14. The standard InChI is InChI=1S/C61H43N3/c1-61(2)55-24-12-8-20-49(55)50-33-31-46(39-56(50)61)62(45-30-28-40-16-6-7-17-41(40)34-45)47-35-43(36-48(38-47)64-58-26-14-9-21-51(58)52-22-10-15-27-59(52)64)42-29-32-54-53-23-11-13-25-57(53)63(60(54)37-42)44-18-4-3-5-19-44/h3-39H,1-2H3. The van der Waals surface area contributed by atoms with Gasteiger partial charge in [0.2, 0.25) is 0 Å². The number of fused-ring (bicyclic) bond motifs is 10. The lowest BCUT2D eigenvalue weighted by Gasteiger charge is -2.29. The third-order valence-corrected chi connectivity index (χ3v) is 13.8. The number of nitrogens with zero attached hydrogens (tertiary/aromatic N) is 3. The molecule has 0 spiro atoms. The van der Waals surface area contributed by atoms with Gasteiger partial charge in [0.25, 0.3) is 0 Å². The van der Waals surface area contributed by atoms with Gasteiger partial charge in [0, 0.05) is 55.4 Å². The van der Waals surface area contributed by atoms with Gasteiger partial charge in [0.1, 0.15) is 0 Å². The minimum atomic E-state index is -0.153. The summed E-state index contributed by atoms with van der Waals surface area (Å²) in [5.74, 6) is 0. The van der Waals surface area contributed by atoms with Gasteiger partial charge >= 0.3 is 0 Å². The van der Waals surface area contributed by atoms with E-state index < -0.39 is 0 Å². The van der Waals surface area contributed by atoms with Crippen LogP contribution in [0.5, 0.6) is 0 Å². The van der Waals surface area contributed by atoms with E-state index in [1.54, 1.807) is 0 Å². The second-order valence-corrected chi connectivity index (χ2v) is 17.8. The average Bonchev–Trinajstić information content (AvgIpc) is 3.94. The molecule has 0 radical (unpaired) electrons. The van der Waals surface area contributed by atoms with Crippen molar-refractivity contribution in [3.05, 3.63) is 236 Å². The molecule has 0 atom stereocenters. The first-order chi connectivity index (χ1) is 31.5. The van der Waals surface area contributed by atoms with E-state index in [1.807, 2.05) is 0 Å². The predicted molar refractivity (Wildman–Crippen MR) is 270 cm³/mol. The number of hydrogen-bond acceptors (Lipinski definition) is 1. The van der Waals surface area contributed by atoms with Gasteiger partial charge in [-0.15, -0.1) is 0 Å². The molecule has 1 aliphatic carbocycles. The van der Waals surface area contributed by atoms with Crippen LogP contribution in [0.1, 0.15) is 25.0 Å². The Morgan fingerprint density at radius 3 is 1.62 bits per heavy atom. The normalized spacial score (nSPS) is 13.0. The molecular formula is C61H43N3. The maximum Gasteiger partial charge on any atom is 0.0547 e. The zero-order chi connectivity index (χ0) is 42.5. The summed E-state index contributed by atoms with van der Waals surface area (Å²) in [5, 5.41) is 7.39. The fourth-order valence-electron chi connectivity index (χ4n) is 10.8. The van der Waals surface area contributed by atoms with Crippen molar-refractivity contribution in [1.82, 2.24) is 9.13 Å². The molecule has 0 fully saturated rings. The van der Waals surface area contributed by atoms with Gasteiger partial charge in [0.05, 0.1) is 22.1 Å². The van der Waals surface area contributed by atoms with Gasteiger partial charge in [-0.2, -0.15) is 0 Å². The lowest BCUT2D eigenvalue weighted by Crippen LogP contribution is -2.16. The van der Waals surface area contributed by atoms with Gasteiger partial charge in [0.15, 0.2) is 0 Å². The summed E-state index contributed by atoms with van der Waals surface area (Å²) in [5.41, 5.74) is 17.8. The van der Waals surface area contributed by atoms with Crippen LogP contribution in [0.3, 0.4) is 0 Å². The van der Waals surface area contributed by atoms with Crippen LogP contribution in [0.4, 0.5) is 17.1 Å². The summed E-state index contributed by atoms with van der Waals surface area (Å²) in [6.45, 7) is 4.74. The van der Waals surface area contributed by atoms with Crippen molar-refractivity contribution < 1.29 is 0 Å². The summed E-state index contributed by atoms with van der Waals surface area (Å²) >= 11 is 0. The van der Waals surface area contributed by atoms with Crippen LogP contribution in [0.15, 0.2) is 224 Å². The third kappa shape index (κ3) is 5.47. The molecule has 302 valence electrons. The van der Waals surface area contributed by atoms with E-state index in [-0.39, 0.29) is 5.41 Å². The van der Waals surface area contributed by atoms with Gasteiger partial charge in [-0.1, -0.05) is 159 Å². The van der Waals surface area contributed by atoms with Crippen molar-refractivity contribution in [1.29, 1.82) is 0 Å². The van der Waals surface area contributed by atoms with Crippen LogP contribution in [-0.2, 0) is 5.41 Å². The smallest absolute Gasteiger partial charge is 0.0547 e. The molecule has 10 aromatic carbocycles. The van der Waals surface area contributed by atoms with E-state index in [0.717, 1.165) is 39.6 Å². The fraction of sp³-hybridized carbons (Fsp3) is 0.0492. The van der Waals surface area contributed by atoms with E-state index in [4.69, 9.17) is 0 Å². The molecular weight excluding hydrogens is 775 g/mol.